The summed E-state index contributed by atoms with van der Waals surface area (Å²) in [6.07, 6.45) is 0. The normalized spacial score (nSPS) is 11.4. The number of aromatic nitrogens is 1. The van der Waals surface area contributed by atoms with Gasteiger partial charge in [-0.05, 0) is 115 Å². The summed E-state index contributed by atoms with van der Waals surface area (Å²) in [7, 11) is 0. The van der Waals surface area contributed by atoms with E-state index in [1.54, 1.807) is 0 Å². The summed E-state index contributed by atoms with van der Waals surface area (Å²) in [6.45, 7) is 0. The first kappa shape index (κ1) is 37.3. The zero-order valence-electron chi connectivity index (χ0n) is 35.1. The number of hydrogen-bond acceptors (Lipinski definition) is 1. The monoisotopic (exact) mass is 814 g/mol. The number of nitrogens with zero attached hydrogens (tertiary/aromatic N) is 2. The molecule has 64 heavy (non-hydrogen) atoms. The number of anilines is 3. The fraction of sp³-hybridized carbons (Fsp3) is 0. The SMILES string of the molecule is c1ccc(-c2ccc(N(c3ccc(-c4ccccc4)cc3)c3cccc4c(-c5cccc(-n6c7ccccc7c7c8c(-c9ccccc9)cccc8ccc76)c5)cccc34)cc2)cc1. The molecule has 0 atom stereocenters. The molecule has 0 aliphatic rings. The second kappa shape index (κ2) is 15.8. The highest BCUT2D eigenvalue weighted by Crippen LogP contribution is 2.44. The molecule has 0 aliphatic carbocycles. The van der Waals surface area contributed by atoms with Gasteiger partial charge in [-0.3, -0.25) is 0 Å². The summed E-state index contributed by atoms with van der Waals surface area (Å²) < 4.78 is 2.45. The van der Waals surface area contributed by atoms with Crippen LogP contribution in [0.15, 0.2) is 255 Å². The van der Waals surface area contributed by atoms with Gasteiger partial charge in [0, 0.05) is 33.2 Å². The summed E-state index contributed by atoms with van der Waals surface area (Å²) >= 11 is 0. The third-order valence-electron chi connectivity index (χ3n) is 12.8. The first-order valence-electron chi connectivity index (χ1n) is 22.0. The predicted molar refractivity (Wildman–Crippen MR) is 272 cm³/mol. The van der Waals surface area contributed by atoms with Gasteiger partial charge < -0.3 is 9.47 Å². The molecule has 12 rings (SSSR count). The lowest BCUT2D eigenvalue weighted by atomic mass is 9.94. The van der Waals surface area contributed by atoms with Gasteiger partial charge in [0.15, 0.2) is 0 Å². The Balaban J connectivity index is 1.01. The van der Waals surface area contributed by atoms with Crippen LogP contribution in [-0.2, 0) is 0 Å². The molecule has 0 N–H and O–H groups in total. The Morgan fingerprint density at radius 2 is 0.797 bits per heavy atom. The van der Waals surface area contributed by atoms with Crippen molar-refractivity contribution in [3.63, 3.8) is 0 Å². The van der Waals surface area contributed by atoms with Gasteiger partial charge >= 0.3 is 0 Å². The van der Waals surface area contributed by atoms with Gasteiger partial charge in [0.2, 0.25) is 0 Å². The Hall–Kier alpha value is -8.46. The number of rotatable bonds is 8. The highest BCUT2D eigenvalue weighted by molar-refractivity contribution is 6.25. The van der Waals surface area contributed by atoms with E-state index < -0.39 is 0 Å². The molecule has 300 valence electrons. The molecule has 0 radical (unpaired) electrons. The lowest BCUT2D eigenvalue weighted by Gasteiger charge is -2.27. The minimum atomic E-state index is 1.10. The topological polar surface area (TPSA) is 8.17 Å². The van der Waals surface area contributed by atoms with Gasteiger partial charge in [-0.15, -0.1) is 0 Å². The van der Waals surface area contributed by atoms with Crippen molar-refractivity contribution in [3.05, 3.63) is 255 Å². The van der Waals surface area contributed by atoms with Gasteiger partial charge in [-0.25, -0.2) is 0 Å². The Morgan fingerprint density at radius 3 is 1.48 bits per heavy atom. The van der Waals surface area contributed by atoms with E-state index in [4.69, 9.17) is 0 Å². The van der Waals surface area contributed by atoms with Crippen LogP contribution in [0.25, 0.3) is 93.5 Å². The van der Waals surface area contributed by atoms with E-state index in [1.165, 1.54) is 87.9 Å². The zero-order chi connectivity index (χ0) is 42.4. The van der Waals surface area contributed by atoms with Gasteiger partial charge in [0.1, 0.15) is 0 Å². The lowest BCUT2D eigenvalue weighted by molar-refractivity contribution is 1.18. The molecule has 0 saturated heterocycles. The molecule has 12 aromatic rings. The quantitative estimate of drug-likeness (QED) is 0.148. The summed E-state index contributed by atoms with van der Waals surface area (Å²) in [5.74, 6) is 0. The van der Waals surface area contributed by atoms with Crippen LogP contribution in [0, 0.1) is 0 Å². The Labute approximate surface area is 373 Å². The van der Waals surface area contributed by atoms with Crippen molar-refractivity contribution in [2.75, 3.05) is 4.90 Å². The van der Waals surface area contributed by atoms with Crippen LogP contribution in [0.1, 0.15) is 0 Å². The van der Waals surface area contributed by atoms with Crippen LogP contribution >= 0.6 is 0 Å². The molecule has 11 aromatic carbocycles. The third-order valence-corrected chi connectivity index (χ3v) is 12.8. The maximum Gasteiger partial charge on any atom is 0.0547 e. The minimum Gasteiger partial charge on any atom is -0.310 e. The van der Waals surface area contributed by atoms with Crippen LogP contribution in [0.4, 0.5) is 17.1 Å². The third kappa shape index (κ3) is 6.44. The Kier molecular flexibility index (Phi) is 9.20. The summed E-state index contributed by atoms with van der Waals surface area (Å²) in [4.78, 5) is 2.40. The van der Waals surface area contributed by atoms with Crippen LogP contribution in [0.3, 0.4) is 0 Å². The summed E-state index contributed by atoms with van der Waals surface area (Å²) in [5.41, 5.74) is 16.5. The van der Waals surface area contributed by atoms with E-state index in [0.717, 1.165) is 22.7 Å². The fourth-order valence-corrected chi connectivity index (χ4v) is 9.82. The Morgan fingerprint density at radius 1 is 0.281 bits per heavy atom. The highest BCUT2D eigenvalue weighted by Gasteiger charge is 2.20. The van der Waals surface area contributed by atoms with Crippen LogP contribution in [0.2, 0.25) is 0 Å². The minimum absolute atomic E-state index is 1.10. The molecule has 2 nitrogen and oxygen atoms in total. The molecule has 1 heterocycles. The molecule has 0 spiro atoms. The van der Waals surface area contributed by atoms with E-state index in [-0.39, 0.29) is 0 Å². The van der Waals surface area contributed by atoms with Crippen molar-refractivity contribution in [1.82, 2.24) is 4.57 Å². The number of fused-ring (bicyclic) bond motifs is 6. The number of hydrogen-bond donors (Lipinski definition) is 0. The van der Waals surface area contributed by atoms with E-state index in [2.05, 4.69) is 264 Å². The first-order chi connectivity index (χ1) is 31.8. The standard InChI is InChI=1S/C62H42N2/c1-4-16-43(17-5-1)45-32-37-50(38-33-45)63(51-39-34-46(35-40-51)44-18-6-2-7-19-44)58-31-15-28-55-53(26-14-29-56(55)58)49-23-12-24-52(42-49)64-59-30-11-10-25-57(59)62-60(64)41-36-48-22-13-27-54(61(48)62)47-20-8-3-9-21-47/h1-42H. The fourth-order valence-electron chi connectivity index (χ4n) is 9.82. The van der Waals surface area contributed by atoms with Crippen molar-refractivity contribution in [2.45, 2.75) is 0 Å². The maximum absolute atomic E-state index is 2.45. The van der Waals surface area contributed by atoms with Gasteiger partial charge in [0.25, 0.3) is 0 Å². The van der Waals surface area contributed by atoms with Crippen molar-refractivity contribution < 1.29 is 0 Å². The number of benzene rings is 11. The molecule has 0 aliphatic heterocycles. The lowest BCUT2D eigenvalue weighted by Crippen LogP contribution is -2.10. The van der Waals surface area contributed by atoms with Crippen molar-refractivity contribution in [1.29, 1.82) is 0 Å². The molecular formula is C62H42N2. The second-order valence-electron chi connectivity index (χ2n) is 16.5. The van der Waals surface area contributed by atoms with Gasteiger partial charge in [0.05, 0.1) is 16.7 Å². The van der Waals surface area contributed by atoms with E-state index in [9.17, 15) is 0 Å². The highest BCUT2D eigenvalue weighted by atomic mass is 15.1. The van der Waals surface area contributed by atoms with E-state index in [1.807, 2.05) is 0 Å². The van der Waals surface area contributed by atoms with Crippen molar-refractivity contribution in [3.8, 4) is 50.2 Å². The molecular weight excluding hydrogens is 773 g/mol. The average Bonchev–Trinajstić information content (AvgIpc) is 3.72. The average molecular weight is 815 g/mol. The van der Waals surface area contributed by atoms with Crippen LogP contribution in [0.5, 0.6) is 0 Å². The molecule has 0 fully saturated rings. The van der Waals surface area contributed by atoms with Crippen molar-refractivity contribution >= 4 is 60.4 Å². The van der Waals surface area contributed by atoms with Crippen molar-refractivity contribution in [2.24, 2.45) is 0 Å². The molecule has 0 bridgehead atoms. The summed E-state index contributed by atoms with van der Waals surface area (Å²) in [6, 6.07) is 92.6. The largest absolute Gasteiger partial charge is 0.310 e. The predicted octanol–water partition coefficient (Wildman–Crippen LogP) is 17.2. The molecule has 2 heteroatoms. The molecule has 0 unspecified atom stereocenters. The van der Waals surface area contributed by atoms with E-state index in [0.29, 0.717) is 0 Å². The smallest absolute Gasteiger partial charge is 0.0547 e. The van der Waals surface area contributed by atoms with Crippen LogP contribution in [-0.4, -0.2) is 4.57 Å². The van der Waals surface area contributed by atoms with Gasteiger partial charge in [-0.1, -0.05) is 200 Å². The molecule has 0 amide bonds. The van der Waals surface area contributed by atoms with Crippen LogP contribution < -0.4 is 4.90 Å². The van der Waals surface area contributed by atoms with Gasteiger partial charge in [-0.2, -0.15) is 0 Å². The molecule has 1 aromatic heterocycles. The zero-order valence-corrected chi connectivity index (χ0v) is 35.1. The molecule has 0 saturated carbocycles. The Bertz CT molecular complexity index is 3540. The van der Waals surface area contributed by atoms with E-state index >= 15 is 0 Å². The maximum atomic E-state index is 2.45. The second-order valence-corrected chi connectivity index (χ2v) is 16.5. The number of para-hydroxylation sites is 1. The summed E-state index contributed by atoms with van der Waals surface area (Å²) in [5, 5.41) is 7.44. The first-order valence-corrected chi connectivity index (χ1v) is 22.0.